The van der Waals surface area contributed by atoms with E-state index in [0.29, 0.717) is 67.7 Å². The Hall–Kier alpha value is -4.80. The van der Waals surface area contributed by atoms with Crippen LogP contribution < -0.4 is 9.64 Å². The van der Waals surface area contributed by atoms with Crippen LogP contribution in [-0.4, -0.2) is 133 Å². The maximum Gasteiger partial charge on any atom is 0.344 e. The van der Waals surface area contributed by atoms with E-state index in [9.17, 15) is 29.8 Å². The summed E-state index contributed by atoms with van der Waals surface area (Å²) in [6, 6.07) is 9.49. The molecule has 5 aliphatic heterocycles. The average Bonchev–Trinajstić information content (AvgIpc) is 3.92. The van der Waals surface area contributed by atoms with Crippen molar-refractivity contribution in [2.45, 2.75) is 99.5 Å². The fourth-order valence-corrected chi connectivity index (χ4v) is 13.6. The lowest BCUT2D eigenvalue weighted by molar-refractivity contribution is -0.896. The molecule has 1 aromatic heterocycles. The van der Waals surface area contributed by atoms with Gasteiger partial charge in [0.2, 0.25) is 12.0 Å². The Morgan fingerprint density at radius 2 is 1.77 bits per heavy atom. The molecule has 10 atom stereocenters. The van der Waals surface area contributed by atoms with Gasteiger partial charge in [-0.25, -0.2) is 4.79 Å². The van der Waals surface area contributed by atoms with Crippen molar-refractivity contribution in [3.8, 4) is 5.75 Å². The van der Waals surface area contributed by atoms with Gasteiger partial charge in [0.05, 0.1) is 46.1 Å². The number of rotatable bonds is 8. The number of quaternary nitrogens is 1. The molecule has 3 fully saturated rings. The van der Waals surface area contributed by atoms with Crippen molar-refractivity contribution in [3.05, 3.63) is 76.1 Å². The van der Waals surface area contributed by atoms with Crippen LogP contribution in [0.25, 0.3) is 10.9 Å². The number of benzene rings is 2. The highest BCUT2D eigenvalue weighted by Gasteiger charge is 2.81. The van der Waals surface area contributed by atoms with Crippen molar-refractivity contribution in [1.82, 2.24) is 9.88 Å². The van der Waals surface area contributed by atoms with Crippen LogP contribution in [0.5, 0.6) is 5.75 Å². The van der Waals surface area contributed by atoms with Gasteiger partial charge < -0.3 is 48.9 Å². The highest BCUT2D eigenvalue weighted by Crippen LogP contribution is 2.68. The van der Waals surface area contributed by atoms with E-state index in [1.807, 2.05) is 56.3 Å². The van der Waals surface area contributed by atoms with Crippen molar-refractivity contribution in [2.75, 3.05) is 59.0 Å². The van der Waals surface area contributed by atoms with Crippen LogP contribution in [-0.2, 0) is 50.6 Å². The number of nitrogens with one attached hydrogen (secondary N) is 1. The average molecular weight is 841 g/mol. The van der Waals surface area contributed by atoms with Crippen LogP contribution in [0.4, 0.5) is 5.69 Å². The fraction of sp³-hybridized carbons (Fsp3) is 0.565. The van der Waals surface area contributed by atoms with E-state index in [0.717, 1.165) is 23.6 Å². The Bertz CT molecular complexity index is 2370. The number of esters is 3. The highest BCUT2D eigenvalue weighted by atomic mass is 16.6. The van der Waals surface area contributed by atoms with Crippen molar-refractivity contribution in [1.29, 1.82) is 0 Å². The Morgan fingerprint density at radius 3 is 2.44 bits per heavy atom. The number of ether oxygens (including phenoxy) is 4. The molecule has 2 bridgehead atoms. The minimum Gasteiger partial charge on any atom is -0.633 e. The lowest BCUT2D eigenvalue weighted by Crippen LogP contribution is -2.81. The molecular formula is C46H56N4O11. The van der Waals surface area contributed by atoms with Crippen LogP contribution in [0, 0.1) is 16.5 Å². The second kappa shape index (κ2) is 14.1. The van der Waals surface area contributed by atoms with Gasteiger partial charge in [-0.1, -0.05) is 44.2 Å². The van der Waals surface area contributed by atoms with Gasteiger partial charge in [0, 0.05) is 70.9 Å². The molecular weight excluding hydrogens is 785 g/mol. The second-order valence-corrected chi connectivity index (χ2v) is 18.5. The molecule has 2 aromatic carbocycles. The third-order valence-corrected chi connectivity index (χ3v) is 15.7. The van der Waals surface area contributed by atoms with Gasteiger partial charge in [-0.05, 0) is 61.9 Å². The number of amides is 1. The molecule has 6 aliphatic rings. The molecule has 3 N–H and O–H groups in total. The van der Waals surface area contributed by atoms with Gasteiger partial charge in [0.25, 0.3) is 0 Å². The molecule has 1 unspecified atom stereocenters. The van der Waals surface area contributed by atoms with Crippen LogP contribution in [0.15, 0.2) is 48.6 Å². The minimum absolute atomic E-state index is 0.0411. The molecule has 15 nitrogen and oxygen atoms in total. The molecule has 0 radical (unpaired) electrons. The molecule has 3 aromatic rings. The van der Waals surface area contributed by atoms with Gasteiger partial charge in [0.1, 0.15) is 23.3 Å². The summed E-state index contributed by atoms with van der Waals surface area (Å²) in [6.07, 6.45) is 4.80. The number of H-pyrrole nitrogens is 1. The molecule has 1 saturated carbocycles. The SMILES string of the molecule is CC[C@]1(O)C[C@H]2C[C@](C(=O)OC)(c3cc4c(cc3OC)N(C=O)[C@H]3[C@@](O)(C(=O)OC)[C@H](OC(C)=O)[C@]5(CC)C=CCN6CC[C@]43[C@@H]65)c3[nH]c4ccccc4c3CC[N+]([O-])(C2)C1. The number of aromatic nitrogens is 1. The molecule has 6 heterocycles. The number of methoxy groups -OCH3 is 3. The topological polar surface area (TPSA) is 191 Å². The summed E-state index contributed by atoms with van der Waals surface area (Å²) >= 11 is 0. The Kier molecular flexibility index (Phi) is 9.61. The Morgan fingerprint density at radius 1 is 1.02 bits per heavy atom. The Labute approximate surface area is 354 Å². The van der Waals surface area contributed by atoms with E-state index in [2.05, 4.69) is 9.88 Å². The number of anilines is 1. The highest BCUT2D eigenvalue weighted by molar-refractivity contribution is 5.96. The summed E-state index contributed by atoms with van der Waals surface area (Å²) in [5.74, 6) is -2.58. The first-order valence-electron chi connectivity index (χ1n) is 21.4. The van der Waals surface area contributed by atoms with Crippen LogP contribution in [0.3, 0.4) is 0 Å². The minimum atomic E-state index is -2.57. The third-order valence-electron chi connectivity index (χ3n) is 15.7. The second-order valence-electron chi connectivity index (χ2n) is 18.5. The van der Waals surface area contributed by atoms with Crippen molar-refractivity contribution in [3.63, 3.8) is 0 Å². The molecule has 2 saturated heterocycles. The predicted molar refractivity (Wildman–Crippen MR) is 222 cm³/mol. The maximum absolute atomic E-state index is 15.3. The predicted octanol–water partition coefficient (Wildman–Crippen LogP) is 3.53. The number of aromatic amines is 1. The van der Waals surface area contributed by atoms with E-state index in [4.69, 9.17) is 18.9 Å². The molecule has 326 valence electrons. The van der Waals surface area contributed by atoms with Gasteiger partial charge in [0.15, 0.2) is 6.10 Å². The van der Waals surface area contributed by atoms with Gasteiger partial charge in [-0.15, -0.1) is 0 Å². The Balaban J connectivity index is 1.38. The molecule has 1 spiro atoms. The monoisotopic (exact) mass is 840 g/mol. The van der Waals surface area contributed by atoms with E-state index >= 15 is 4.79 Å². The number of hydrogen-bond acceptors (Lipinski definition) is 12. The quantitative estimate of drug-likeness (QED) is 0.0749. The lowest BCUT2D eigenvalue weighted by atomic mass is 9.47. The van der Waals surface area contributed by atoms with E-state index < -0.39 is 74.1 Å². The zero-order valence-electron chi connectivity index (χ0n) is 35.7. The summed E-state index contributed by atoms with van der Waals surface area (Å²) in [6.45, 7) is 6.48. The summed E-state index contributed by atoms with van der Waals surface area (Å²) in [7, 11) is 3.97. The van der Waals surface area contributed by atoms with E-state index in [1.165, 1.54) is 26.0 Å². The first kappa shape index (κ1) is 41.5. The number of carbonyl (C=O) groups is 4. The summed E-state index contributed by atoms with van der Waals surface area (Å²) in [5.41, 5.74) is -4.32. The third kappa shape index (κ3) is 5.39. The number of hydroxylamine groups is 3. The number of carbonyl (C=O) groups excluding carboxylic acids is 4. The zero-order chi connectivity index (χ0) is 43.5. The van der Waals surface area contributed by atoms with Crippen molar-refractivity contribution >= 4 is 40.9 Å². The molecule has 15 heteroatoms. The van der Waals surface area contributed by atoms with Gasteiger partial charge >= 0.3 is 17.9 Å². The number of piperidine rings is 1. The number of para-hydroxylation sites is 1. The van der Waals surface area contributed by atoms with E-state index in [1.54, 1.807) is 6.07 Å². The standard InChI is InChI=1S/C46H56N4O11/c1-7-42(55)22-28-23-45(40(53)59-5,36-30(14-19-50(57,24-28)25-42)29-12-9-10-13-33(29)47-36)32-20-31-34(21-35(32)58-4)49(26-51)38-44(31)16-18-48-17-11-15-43(8-2,37(44)48)39(61-27(3)52)46(38,56)41(54)60-6/h9-13,15,20-21,26,28,37-39,47,55-56H,7-8,14,16-19,22-25H2,1-6H3/t28-,37-,38+,39+,42-,43+,44+,45-,46-,50?/m0/s1. The van der Waals surface area contributed by atoms with Crippen LogP contribution >= 0.6 is 0 Å². The molecule has 61 heavy (non-hydrogen) atoms. The lowest BCUT2D eigenvalue weighted by Gasteiger charge is -2.63. The first-order valence-corrected chi connectivity index (χ1v) is 21.4. The largest absolute Gasteiger partial charge is 0.633 e. The summed E-state index contributed by atoms with van der Waals surface area (Å²) in [5, 5.41) is 40.9. The molecule has 1 amide bonds. The smallest absolute Gasteiger partial charge is 0.344 e. The fourth-order valence-electron chi connectivity index (χ4n) is 13.6. The van der Waals surface area contributed by atoms with Crippen molar-refractivity contribution in [2.24, 2.45) is 11.3 Å². The van der Waals surface area contributed by atoms with E-state index in [-0.39, 0.29) is 38.2 Å². The summed E-state index contributed by atoms with van der Waals surface area (Å²) < 4.78 is 23.0. The first-order chi connectivity index (χ1) is 29.1. The number of nitrogens with zero attached hydrogens (tertiary/aromatic N) is 3. The normalized spacial score (nSPS) is 37.3. The zero-order valence-corrected chi connectivity index (χ0v) is 35.7. The number of hydrogen-bond donors (Lipinski definition) is 3. The van der Waals surface area contributed by atoms with Gasteiger partial charge in [-0.2, -0.15) is 0 Å². The summed E-state index contributed by atoms with van der Waals surface area (Å²) in [4.78, 5) is 63.7. The van der Waals surface area contributed by atoms with Gasteiger partial charge in [-0.3, -0.25) is 19.3 Å². The van der Waals surface area contributed by atoms with Crippen LogP contribution in [0.2, 0.25) is 0 Å². The van der Waals surface area contributed by atoms with Crippen LogP contribution in [0.1, 0.15) is 75.3 Å². The number of aliphatic hydroxyl groups is 2. The number of fused-ring (bicyclic) bond motifs is 6. The van der Waals surface area contributed by atoms with Crippen molar-refractivity contribution < 1.29 is 53.0 Å². The molecule has 9 rings (SSSR count). The maximum atomic E-state index is 15.3. The molecule has 1 aliphatic carbocycles.